The molecule has 0 bridgehead atoms. The number of nitrogens with two attached hydrogens (primary N) is 3. The van der Waals surface area contributed by atoms with Crippen molar-refractivity contribution < 1.29 is 14.3 Å². The molecule has 0 radical (unpaired) electrons. The number of aliphatic imine (C=N–C) groups is 2. The summed E-state index contributed by atoms with van der Waals surface area (Å²) >= 11 is 0. The average Bonchev–Trinajstić information content (AvgIpc) is 2.83. The normalized spacial score (nSPS) is 13.2. The third kappa shape index (κ3) is 3.55. The van der Waals surface area contributed by atoms with E-state index >= 15 is 0 Å². The summed E-state index contributed by atoms with van der Waals surface area (Å²) in [6.45, 7) is 0. The first-order chi connectivity index (χ1) is 11.9. The molecule has 25 heavy (non-hydrogen) atoms. The van der Waals surface area contributed by atoms with E-state index in [4.69, 9.17) is 21.9 Å². The Kier molecular flexibility index (Phi) is 4.04. The highest BCUT2D eigenvalue weighted by molar-refractivity contribution is 6.21. The zero-order valence-electron chi connectivity index (χ0n) is 12.9. The Bertz CT molecular complexity index is 914. The lowest BCUT2D eigenvalue weighted by atomic mass is 10.1. The van der Waals surface area contributed by atoms with Crippen molar-refractivity contribution in [2.75, 3.05) is 0 Å². The molecular formula is C16H14N6O3. The first-order valence-electron chi connectivity index (χ1n) is 7.14. The van der Waals surface area contributed by atoms with E-state index in [0.717, 1.165) is 0 Å². The molecule has 1 aliphatic rings. The van der Waals surface area contributed by atoms with Crippen LogP contribution < -0.4 is 27.3 Å². The maximum Gasteiger partial charge on any atom is 0.259 e. The van der Waals surface area contributed by atoms with Crippen molar-refractivity contribution in [3.05, 3.63) is 53.6 Å². The highest BCUT2D eigenvalue weighted by atomic mass is 16.5. The molecule has 0 unspecified atom stereocenters. The van der Waals surface area contributed by atoms with E-state index in [1.54, 1.807) is 36.4 Å². The fourth-order valence-electron chi connectivity index (χ4n) is 2.22. The lowest BCUT2D eigenvalue weighted by molar-refractivity contribution is 0.0879. The molecule has 0 saturated carbocycles. The summed E-state index contributed by atoms with van der Waals surface area (Å²) in [6, 6.07) is 11.3. The number of hydrogen-bond donors (Lipinski definition) is 4. The van der Waals surface area contributed by atoms with Crippen LogP contribution in [0.25, 0.3) is 0 Å². The van der Waals surface area contributed by atoms with E-state index in [1.165, 1.54) is 6.07 Å². The number of imide groups is 1. The molecule has 126 valence electrons. The molecule has 0 spiro atoms. The van der Waals surface area contributed by atoms with Gasteiger partial charge in [-0.3, -0.25) is 14.9 Å². The molecule has 0 fully saturated rings. The molecule has 2 aromatic carbocycles. The highest BCUT2D eigenvalue weighted by Crippen LogP contribution is 2.27. The predicted molar refractivity (Wildman–Crippen MR) is 91.8 cm³/mol. The maximum absolute atomic E-state index is 11.7. The monoisotopic (exact) mass is 338 g/mol. The molecule has 0 aliphatic carbocycles. The van der Waals surface area contributed by atoms with Gasteiger partial charge in [-0.15, -0.1) is 0 Å². The van der Waals surface area contributed by atoms with Gasteiger partial charge in [0.2, 0.25) is 5.96 Å². The third-order valence-corrected chi connectivity index (χ3v) is 3.27. The number of hydrogen-bond acceptors (Lipinski definition) is 4. The first kappa shape index (κ1) is 16.0. The van der Waals surface area contributed by atoms with Crippen LogP contribution in [-0.4, -0.2) is 23.7 Å². The van der Waals surface area contributed by atoms with E-state index in [9.17, 15) is 9.59 Å². The van der Waals surface area contributed by atoms with Crippen LogP contribution in [0.2, 0.25) is 0 Å². The Balaban J connectivity index is 1.77. The quantitative estimate of drug-likeness (QED) is 0.364. The molecular weight excluding hydrogens is 324 g/mol. The number of amides is 2. The van der Waals surface area contributed by atoms with E-state index in [1.807, 2.05) is 0 Å². The van der Waals surface area contributed by atoms with E-state index in [2.05, 4.69) is 15.3 Å². The van der Waals surface area contributed by atoms with Gasteiger partial charge in [0.05, 0.1) is 16.8 Å². The Hall–Kier alpha value is -3.88. The van der Waals surface area contributed by atoms with Crippen LogP contribution in [0.5, 0.6) is 11.5 Å². The van der Waals surface area contributed by atoms with E-state index < -0.39 is 11.8 Å². The van der Waals surface area contributed by atoms with Crippen LogP contribution in [-0.2, 0) is 0 Å². The number of nitrogens with zero attached hydrogens (tertiary/aromatic N) is 2. The molecule has 1 heterocycles. The van der Waals surface area contributed by atoms with Crippen molar-refractivity contribution in [2.24, 2.45) is 27.2 Å². The van der Waals surface area contributed by atoms with Crippen molar-refractivity contribution in [2.45, 2.75) is 0 Å². The SMILES string of the molecule is NC(N)=NC(N)=Nc1ccc(Oc2ccc3c(c2)C(=O)NC3=O)cc1. The van der Waals surface area contributed by atoms with Gasteiger partial charge >= 0.3 is 0 Å². The van der Waals surface area contributed by atoms with E-state index in [-0.39, 0.29) is 17.5 Å². The van der Waals surface area contributed by atoms with Crippen molar-refractivity contribution in [3.63, 3.8) is 0 Å². The number of carbonyl (C=O) groups excluding carboxylic acids is 2. The van der Waals surface area contributed by atoms with Gasteiger partial charge in [-0.2, -0.15) is 4.99 Å². The van der Waals surface area contributed by atoms with Crippen LogP contribution in [0.3, 0.4) is 0 Å². The molecule has 7 N–H and O–H groups in total. The van der Waals surface area contributed by atoms with Gasteiger partial charge in [0, 0.05) is 0 Å². The van der Waals surface area contributed by atoms with Crippen LogP contribution >= 0.6 is 0 Å². The molecule has 2 amide bonds. The summed E-state index contributed by atoms with van der Waals surface area (Å²) in [5.74, 6) is -0.148. The van der Waals surface area contributed by atoms with Gasteiger partial charge in [-0.05, 0) is 42.5 Å². The molecule has 1 aliphatic heterocycles. The average molecular weight is 338 g/mol. The fourth-order valence-corrected chi connectivity index (χ4v) is 2.22. The summed E-state index contributed by atoms with van der Waals surface area (Å²) < 4.78 is 5.67. The van der Waals surface area contributed by atoms with Crippen molar-refractivity contribution in [1.82, 2.24) is 5.32 Å². The summed E-state index contributed by atoms with van der Waals surface area (Å²) in [5, 5.41) is 2.22. The molecule has 3 rings (SSSR count). The minimum Gasteiger partial charge on any atom is -0.457 e. The second-order valence-electron chi connectivity index (χ2n) is 5.09. The van der Waals surface area contributed by atoms with E-state index in [0.29, 0.717) is 22.7 Å². The molecule has 0 atom stereocenters. The largest absolute Gasteiger partial charge is 0.457 e. The zero-order valence-corrected chi connectivity index (χ0v) is 12.9. The van der Waals surface area contributed by atoms with Gasteiger partial charge in [0.25, 0.3) is 11.8 Å². The summed E-state index contributed by atoms with van der Waals surface area (Å²) in [6.07, 6.45) is 0. The Morgan fingerprint density at radius 3 is 2.20 bits per heavy atom. The minimum absolute atomic E-state index is 0.0667. The molecule has 0 aromatic heterocycles. The van der Waals surface area contributed by atoms with Gasteiger partial charge in [-0.1, -0.05) is 0 Å². The lowest BCUT2D eigenvalue weighted by Gasteiger charge is -2.07. The molecule has 9 nitrogen and oxygen atoms in total. The molecule has 0 saturated heterocycles. The van der Waals surface area contributed by atoms with Gasteiger partial charge < -0.3 is 21.9 Å². The molecule has 2 aromatic rings. The standard InChI is InChI=1S/C16H14N6O3/c17-15(18)22-16(19)20-8-1-3-9(4-2-8)25-10-5-6-11-12(7-10)14(24)21-13(11)23/h1-7H,(H,21,23,24)(H6,17,18,19,20,22). The van der Waals surface area contributed by atoms with Crippen molar-refractivity contribution in [3.8, 4) is 11.5 Å². The zero-order chi connectivity index (χ0) is 18.0. The lowest BCUT2D eigenvalue weighted by Crippen LogP contribution is -2.26. The van der Waals surface area contributed by atoms with Crippen LogP contribution in [0, 0.1) is 0 Å². The number of ether oxygens (including phenoxy) is 1. The molecule has 9 heteroatoms. The maximum atomic E-state index is 11.7. The Labute approximate surface area is 142 Å². The third-order valence-electron chi connectivity index (χ3n) is 3.27. The number of nitrogens with one attached hydrogen (secondary N) is 1. The number of rotatable bonds is 3. The van der Waals surface area contributed by atoms with Gasteiger partial charge in [0.1, 0.15) is 11.5 Å². The van der Waals surface area contributed by atoms with Crippen molar-refractivity contribution in [1.29, 1.82) is 0 Å². The minimum atomic E-state index is -0.439. The predicted octanol–water partition coefficient (Wildman–Crippen LogP) is 0.582. The summed E-state index contributed by atoms with van der Waals surface area (Å²) in [7, 11) is 0. The second kappa shape index (κ2) is 6.32. The smallest absolute Gasteiger partial charge is 0.259 e. The van der Waals surface area contributed by atoms with Crippen LogP contribution in [0.4, 0.5) is 5.69 Å². The Morgan fingerprint density at radius 1 is 0.880 bits per heavy atom. The topological polar surface area (TPSA) is 158 Å². The van der Waals surface area contributed by atoms with Crippen LogP contribution in [0.15, 0.2) is 52.4 Å². The fraction of sp³-hybridized carbons (Fsp3) is 0. The van der Waals surface area contributed by atoms with Gasteiger partial charge in [-0.25, -0.2) is 4.99 Å². The van der Waals surface area contributed by atoms with Gasteiger partial charge in [0.15, 0.2) is 5.96 Å². The number of carbonyl (C=O) groups is 2. The number of guanidine groups is 2. The Morgan fingerprint density at radius 2 is 1.52 bits per heavy atom. The summed E-state index contributed by atoms with van der Waals surface area (Å²) in [4.78, 5) is 30.8. The van der Waals surface area contributed by atoms with Crippen molar-refractivity contribution >= 4 is 29.4 Å². The number of benzene rings is 2. The first-order valence-corrected chi connectivity index (χ1v) is 7.14. The second-order valence-corrected chi connectivity index (χ2v) is 5.09. The highest BCUT2D eigenvalue weighted by Gasteiger charge is 2.26. The summed E-state index contributed by atoms with van der Waals surface area (Å²) in [5.41, 5.74) is 17.1. The number of fused-ring (bicyclic) bond motifs is 1. The van der Waals surface area contributed by atoms with Crippen LogP contribution in [0.1, 0.15) is 20.7 Å².